The molecule has 7 nitrogen and oxygen atoms in total. The van der Waals surface area contributed by atoms with Crippen molar-refractivity contribution in [3.8, 4) is 0 Å². The fourth-order valence-corrected chi connectivity index (χ4v) is 0.919. The number of esters is 1. The minimum absolute atomic E-state index is 0.0124. The molecule has 0 bridgehead atoms. The van der Waals surface area contributed by atoms with Gasteiger partial charge >= 0.3 is 18.1 Å². The molecule has 0 fully saturated rings. The first-order valence-electron chi connectivity index (χ1n) is 8.25. The lowest BCUT2D eigenvalue weighted by atomic mass is 9.91. The van der Waals surface area contributed by atoms with Gasteiger partial charge in [-0.3, -0.25) is 9.59 Å². The molecule has 0 rings (SSSR count). The van der Waals surface area contributed by atoms with E-state index in [0.29, 0.717) is 12.8 Å². The maximum Gasteiger partial charge on any atom is 0.508 e. The quantitative estimate of drug-likeness (QED) is 0.379. The molecule has 0 aliphatic rings. The van der Waals surface area contributed by atoms with Gasteiger partial charge < -0.3 is 19.3 Å². The van der Waals surface area contributed by atoms with E-state index >= 15 is 0 Å². The van der Waals surface area contributed by atoms with Crippen LogP contribution in [0.5, 0.6) is 0 Å². The van der Waals surface area contributed by atoms with Gasteiger partial charge in [-0.1, -0.05) is 26.5 Å². The predicted octanol–water partition coefficient (Wildman–Crippen LogP) is 3.81. The summed E-state index contributed by atoms with van der Waals surface area (Å²) in [7, 11) is 0. The van der Waals surface area contributed by atoms with Gasteiger partial charge in [0.25, 0.3) is 0 Å². The summed E-state index contributed by atoms with van der Waals surface area (Å²) in [4.78, 5) is 32.6. The molecule has 25 heavy (non-hydrogen) atoms. The number of carboxylic acids is 1. The number of aliphatic carboxylic acids is 1. The Morgan fingerprint density at radius 2 is 1.40 bits per heavy atom. The third kappa shape index (κ3) is 12.0. The minimum Gasteiger partial charge on any atom is -0.481 e. The third-order valence-corrected chi connectivity index (χ3v) is 3.75. The standard InChI is InChI=1S/C12H20O5.C6H12O2/c1-5-7-16-11(14)17-9-8-15-10(13)12(3,4)6-2;1-4-6(2,3)5(7)8/h5H,1,6-9H2,2-4H3;4H2,1-3H3,(H,7,8). The zero-order valence-electron chi connectivity index (χ0n) is 16.2. The summed E-state index contributed by atoms with van der Waals surface area (Å²) in [6, 6.07) is 0. The van der Waals surface area contributed by atoms with E-state index in [1.165, 1.54) is 6.08 Å². The molecule has 0 aromatic heterocycles. The molecule has 0 saturated carbocycles. The Kier molecular flexibility index (Phi) is 12.4. The number of carboxylic acid groups (broad SMARTS) is 1. The average Bonchev–Trinajstić information content (AvgIpc) is 2.56. The second kappa shape index (κ2) is 12.3. The van der Waals surface area contributed by atoms with Crippen molar-refractivity contribution in [2.75, 3.05) is 19.8 Å². The van der Waals surface area contributed by atoms with Gasteiger partial charge in [-0.05, 0) is 40.5 Å². The molecule has 0 atom stereocenters. The fraction of sp³-hybridized carbons (Fsp3) is 0.722. The fourth-order valence-electron chi connectivity index (χ4n) is 0.919. The maximum atomic E-state index is 11.5. The van der Waals surface area contributed by atoms with Crippen molar-refractivity contribution < 1.29 is 33.7 Å². The summed E-state index contributed by atoms with van der Waals surface area (Å²) < 4.78 is 14.2. The van der Waals surface area contributed by atoms with Crippen LogP contribution in [0.1, 0.15) is 54.4 Å². The molecule has 0 saturated heterocycles. The Morgan fingerprint density at radius 3 is 1.76 bits per heavy atom. The summed E-state index contributed by atoms with van der Waals surface area (Å²) >= 11 is 0. The molecule has 0 aromatic carbocycles. The second-order valence-electron chi connectivity index (χ2n) is 6.61. The van der Waals surface area contributed by atoms with Gasteiger partial charge in [0.2, 0.25) is 0 Å². The van der Waals surface area contributed by atoms with E-state index in [2.05, 4.69) is 16.1 Å². The van der Waals surface area contributed by atoms with E-state index in [1.807, 2.05) is 13.8 Å². The zero-order valence-corrected chi connectivity index (χ0v) is 16.2. The van der Waals surface area contributed by atoms with E-state index in [4.69, 9.17) is 9.84 Å². The molecule has 1 N–H and O–H groups in total. The largest absolute Gasteiger partial charge is 0.508 e. The van der Waals surface area contributed by atoms with Gasteiger partial charge in [-0.2, -0.15) is 0 Å². The van der Waals surface area contributed by atoms with Crippen LogP contribution in [-0.2, 0) is 23.8 Å². The van der Waals surface area contributed by atoms with Crippen molar-refractivity contribution in [3.05, 3.63) is 12.7 Å². The number of ether oxygens (including phenoxy) is 3. The zero-order chi connectivity index (χ0) is 20.1. The molecule has 0 radical (unpaired) electrons. The van der Waals surface area contributed by atoms with Crippen molar-refractivity contribution in [3.63, 3.8) is 0 Å². The highest BCUT2D eigenvalue weighted by molar-refractivity contribution is 5.75. The van der Waals surface area contributed by atoms with Crippen molar-refractivity contribution in [2.45, 2.75) is 54.4 Å². The van der Waals surface area contributed by atoms with Crippen molar-refractivity contribution in [2.24, 2.45) is 10.8 Å². The number of hydrogen-bond donors (Lipinski definition) is 1. The van der Waals surface area contributed by atoms with Crippen LogP contribution >= 0.6 is 0 Å². The summed E-state index contributed by atoms with van der Waals surface area (Å²) in [6.07, 6.45) is 2.01. The van der Waals surface area contributed by atoms with Gasteiger partial charge in [0.05, 0.1) is 10.8 Å². The van der Waals surface area contributed by atoms with Crippen LogP contribution < -0.4 is 0 Å². The predicted molar refractivity (Wildman–Crippen MR) is 94.2 cm³/mol. The Hall–Kier alpha value is -2.05. The van der Waals surface area contributed by atoms with Crippen molar-refractivity contribution in [1.82, 2.24) is 0 Å². The number of carbonyl (C=O) groups excluding carboxylic acids is 2. The average molecular weight is 360 g/mol. The molecule has 0 aliphatic carbocycles. The Morgan fingerprint density at radius 1 is 0.920 bits per heavy atom. The van der Waals surface area contributed by atoms with Crippen LogP contribution in [0.2, 0.25) is 0 Å². The first-order chi connectivity index (χ1) is 11.4. The SMILES string of the molecule is C=CCOC(=O)OCCOC(=O)C(C)(C)CC.CCC(C)(C)C(=O)O. The van der Waals surface area contributed by atoms with E-state index in [0.717, 1.165) is 0 Å². The van der Waals surface area contributed by atoms with E-state index < -0.39 is 23.0 Å². The summed E-state index contributed by atoms with van der Waals surface area (Å²) in [6.45, 7) is 14.3. The Bertz CT molecular complexity index is 439. The van der Waals surface area contributed by atoms with E-state index in [-0.39, 0.29) is 25.8 Å². The lowest BCUT2D eigenvalue weighted by molar-refractivity contribution is -0.155. The molecule has 0 aliphatic heterocycles. The summed E-state index contributed by atoms with van der Waals surface area (Å²) in [5.74, 6) is -1.02. The monoisotopic (exact) mass is 360 g/mol. The molecule has 0 unspecified atom stereocenters. The molecule has 0 aromatic rings. The van der Waals surface area contributed by atoms with Crippen LogP contribution in [0.3, 0.4) is 0 Å². The second-order valence-corrected chi connectivity index (χ2v) is 6.61. The minimum atomic E-state index is -0.796. The smallest absolute Gasteiger partial charge is 0.481 e. The molecule has 0 amide bonds. The van der Waals surface area contributed by atoms with Crippen LogP contribution in [-0.4, -0.2) is 43.0 Å². The number of hydrogen-bond acceptors (Lipinski definition) is 6. The number of carbonyl (C=O) groups is 3. The molecule has 0 spiro atoms. The van der Waals surface area contributed by atoms with Crippen LogP contribution in [0.4, 0.5) is 4.79 Å². The van der Waals surface area contributed by atoms with Crippen LogP contribution in [0.25, 0.3) is 0 Å². The van der Waals surface area contributed by atoms with Gasteiger partial charge in [0, 0.05) is 0 Å². The highest BCUT2D eigenvalue weighted by Gasteiger charge is 2.27. The first-order valence-corrected chi connectivity index (χ1v) is 8.25. The van der Waals surface area contributed by atoms with Crippen LogP contribution in [0.15, 0.2) is 12.7 Å². The lowest BCUT2D eigenvalue weighted by Crippen LogP contribution is -2.27. The number of rotatable bonds is 9. The maximum absolute atomic E-state index is 11.5. The molecule has 0 heterocycles. The van der Waals surface area contributed by atoms with Crippen molar-refractivity contribution >= 4 is 18.1 Å². The molecule has 146 valence electrons. The van der Waals surface area contributed by atoms with Gasteiger partial charge in [0.1, 0.15) is 19.8 Å². The highest BCUT2D eigenvalue weighted by atomic mass is 16.7. The van der Waals surface area contributed by atoms with E-state index in [9.17, 15) is 14.4 Å². The van der Waals surface area contributed by atoms with Gasteiger partial charge in [0.15, 0.2) is 0 Å². The van der Waals surface area contributed by atoms with Crippen LogP contribution in [0, 0.1) is 10.8 Å². The molecular formula is C18H32O7. The first kappa shape index (κ1) is 25.2. The Labute approximate surface area is 150 Å². The third-order valence-electron chi connectivity index (χ3n) is 3.75. The highest BCUT2D eigenvalue weighted by Crippen LogP contribution is 2.21. The topological polar surface area (TPSA) is 99.1 Å². The summed E-state index contributed by atoms with van der Waals surface area (Å²) in [5.41, 5.74) is -1.05. The van der Waals surface area contributed by atoms with E-state index in [1.54, 1.807) is 27.7 Å². The van der Waals surface area contributed by atoms with Crippen molar-refractivity contribution in [1.29, 1.82) is 0 Å². The molecule has 7 heteroatoms. The molecular weight excluding hydrogens is 328 g/mol. The normalized spacial score (nSPS) is 10.8. The lowest BCUT2D eigenvalue weighted by Gasteiger charge is -2.20. The van der Waals surface area contributed by atoms with Gasteiger partial charge in [-0.15, -0.1) is 0 Å². The van der Waals surface area contributed by atoms with Gasteiger partial charge in [-0.25, -0.2) is 4.79 Å². The Balaban J connectivity index is 0. The summed E-state index contributed by atoms with van der Waals surface area (Å²) in [5, 5.41) is 8.44.